The van der Waals surface area contributed by atoms with Crippen molar-refractivity contribution in [3.63, 3.8) is 0 Å². The Bertz CT molecular complexity index is 893. The molecule has 1 amide bonds. The first kappa shape index (κ1) is 57.6. The number of rotatable bonds is 48. The van der Waals surface area contributed by atoms with Gasteiger partial charge in [0.25, 0.3) is 0 Å². The van der Waals surface area contributed by atoms with Crippen LogP contribution in [0.4, 0.5) is 0 Å². The van der Waals surface area contributed by atoms with Gasteiger partial charge in [-0.15, -0.1) is 0 Å². The number of aliphatic hydroxyl groups is 2. The zero-order valence-corrected chi connectivity index (χ0v) is 39.9. The SMILES string of the molecule is CCCCCCCCCCC/C=C/CCCCCCCC(=O)OC(CCCCCCCCC)CC(=O)NC(CO)C(O)CCCCCCCCCCCCCCCCC. The van der Waals surface area contributed by atoms with Crippen LogP contribution in [0.25, 0.3) is 0 Å². The average molecular weight is 834 g/mol. The molecule has 0 aliphatic rings. The van der Waals surface area contributed by atoms with Crippen molar-refractivity contribution in [1.29, 1.82) is 0 Å². The molecule has 0 rings (SSSR count). The quantitative estimate of drug-likeness (QED) is 0.0322. The zero-order valence-electron chi connectivity index (χ0n) is 39.9. The van der Waals surface area contributed by atoms with Crippen molar-refractivity contribution >= 4 is 11.9 Å². The lowest BCUT2D eigenvalue weighted by Gasteiger charge is -2.24. The standard InChI is InChI=1S/C53H103NO5/c1-4-7-10-13-16-18-20-22-24-25-26-28-30-32-34-37-40-43-46-53(58)59-49(44-41-38-35-15-12-9-6-3)47-52(57)54-50(48-55)51(56)45-42-39-36-33-31-29-27-23-21-19-17-14-11-8-5-2/h26,28,49-51,55-56H,4-25,27,29-48H2,1-3H3,(H,54,57)/b28-26+. The number of allylic oxidation sites excluding steroid dienone is 2. The van der Waals surface area contributed by atoms with E-state index in [4.69, 9.17) is 4.74 Å². The van der Waals surface area contributed by atoms with E-state index in [1.165, 1.54) is 193 Å². The van der Waals surface area contributed by atoms with Crippen molar-refractivity contribution in [1.82, 2.24) is 5.32 Å². The minimum atomic E-state index is -0.782. The predicted octanol–water partition coefficient (Wildman–Crippen LogP) is 15.7. The third-order valence-corrected chi connectivity index (χ3v) is 12.3. The highest BCUT2D eigenvalue weighted by molar-refractivity contribution is 5.77. The van der Waals surface area contributed by atoms with Gasteiger partial charge in [-0.1, -0.05) is 238 Å². The Morgan fingerprint density at radius 3 is 1.20 bits per heavy atom. The van der Waals surface area contributed by atoms with E-state index < -0.39 is 18.2 Å². The summed E-state index contributed by atoms with van der Waals surface area (Å²) in [6, 6.07) is -0.695. The van der Waals surface area contributed by atoms with Gasteiger partial charge < -0.3 is 20.3 Å². The summed E-state index contributed by atoms with van der Waals surface area (Å²) in [4.78, 5) is 26.0. The molecule has 0 aromatic carbocycles. The van der Waals surface area contributed by atoms with Gasteiger partial charge in [-0.2, -0.15) is 0 Å². The van der Waals surface area contributed by atoms with Crippen LogP contribution in [0.15, 0.2) is 12.2 Å². The summed E-state index contributed by atoms with van der Waals surface area (Å²) in [6.07, 6.45) is 52.9. The van der Waals surface area contributed by atoms with Gasteiger partial charge in [0.2, 0.25) is 5.91 Å². The number of ether oxygens (including phenoxy) is 1. The second-order valence-electron chi connectivity index (χ2n) is 18.3. The molecule has 0 saturated heterocycles. The number of aliphatic hydroxyl groups excluding tert-OH is 2. The van der Waals surface area contributed by atoms with Crippen LogP contribution in [-0.4, -0.2) is 46.9 Å². The third-order valence-electron chi connectivity index (χ3n) is 12.3. The van der Waals surface area contributed by atoms with Gasteiger partial charge in [-0.3, -0.25) is 9.59 Å². The minimum Gasteiger partial charge on any atom is -0.462 e. The molecule has 6 nitrogen and oxygen atoms in total. The molecule has 0 aliphatic heterocycles. The molecule has 0 spiro atoms. The molecule has 0 aromatic heterocycles. The molecule has 0 bridgehead atoms. The maximum atomic E-state index is 13.1. The molecule has 3 N–H and O–H groups in total. The Morgan fingerprint density at radius 1 is 0.475 bits per heavy atom. The van der Waals surface area contributed by atoms with Crippen LogP contribution in [0.3, 0.4) is 0 Å². The maximum absolute atomic E-state index is 13.1. The molecule has 0 fully saturated rings. The molecule has 0 saturated carbocycles. The lowest BCUT2D eigenvalue weighted by Crippen LogP contribution is -2.46. The van der Waals surface area contributed by atoms with Crippen LogP contribution in [0.2, 0.25) is 0 Å². The number of unbranched alkanes of at least 4 members (excludes halogenated alkanes) is 34. The van der Waals surface area contributed by atoms with Gasteiger partial charge >= 0.3 is 5.97 Å². The average Bonchev–Trinajstić information content (AvgIpc) is 3.23. The van der Waals surface area contributed by atoms with Gasteiger partial charge in [-0.25, -0.2) is 0 Å². The molecule has 0 aliphatic carbocycles. The van der Waals surface area contributed by atoms with E-state index >= 15 is 0 Å². The van der Waals surface area contributed by atoms with Gasteiger partial charge in [0.1, 0.15) is 6.10 Å². The maximum Gasteiger partial charge on any atom is 0.306 e. The van der Waals surface area contributed by atoms with Gasteiger partial charge in [-0.05, 0) is 51.4 Å². The van der Waals surface area contributed by atoms with E-state index in [0.29, 0.717) is 19.3 Å². The lowest BCUT2D eigenvalue weighted by molar-refractivity contribution is -0.151. The van der Waals surface area contributed by atoms with Crippen molar-refractivity contribution in [3.8, 4) is 0 Å². The first-order chi connectivity index (χ1) is 29.0. The fraction of sp³-hybridized carbons (Fsp3) is 0.925. The Balaban J connectivity index is 4.31. The van der Waals surface area contributed by atoms with E-state index in [-0.39, 0.29) is 24.9 Å². The number of hydrogen-bond acceptors (Lipinski definition) is 5. The van der Waals surface area contributed by atoms with E-state index in [1.54, 1.807) is 0 Å². The summed E-state index contributed by atoms with van der Waals surface area (Å²) >= 11 is 0. The monoisotopic (exact) mass is 834 g/mol. The summed E-state index contributed by atoms with van der Waals surface area (Å²) < 4.78 is 5.90. The molecule has 6 heteroatoms. The Kier molecular flexibility index (Phi) is 46.5. The summed E-state index contributed by atoms with van der Waals surface area (Å²) in [7, 11) is 0. The van der Waals surface area contributed by atoms with Crippen LogP contribution in [0.5, 0.6) is 0 Å². The molecule has 350 valence electrons. The van der Waals surface area contributed by atoms with Crippen LogP contribution in [0.1, 0.15) is 290 Å². The van der Waals surface area contributed by atoms with Crippen molar-refractivity contribution in [2.24, 2.45) is 0 Å². The zero-order chi connectivity index (χ0) is 43.1. The molecule has 0 aromatic rings. The van der Waals surface area contributed by atoms with Crippen molar-refractivity contribution in [2.45, 2.75) is 309 Å². The van der Waals surface area contributed by atoms with Crippen LogP contribution in [-0.2, 0) is 14.3 Å². The first-order valence-electron chi connectivity index (χ1n) is 26.4. The molecule has 3 atom stereocenters. The molecular weight excluding hydrogens is 731 g/mol. The first-order valence-corrected chi connectivity index (χ1v) is 26.4. The number of esters is 1. The van der Waals surface area contributed by atoms with E-state index in [2.05, 4.69) is 38.2 Å². The second kappa shape index (κ2) is 47.6. The molecular formula is C53H103NO5. The van der Waals surface area contributed by atoms with E-state index in [9.17, 15) is 19.8 Å². The summed E-state index contributed by atoms with van der Waals surface area (Å²) in [5.74, 6) is -0.473. The third kappa shape index (κ3) is 43.1. The van der Waals surface area contributed by atoms with Crippen LogP contribution >= 0.6 is 0 Å². The van der Waals surface area contributed by atoms with Crippen LogP contribution < -0.4 is 5.32 Å². The highest BCUT2D eigenvalue weighted by Gasteiger charge is 2.24. The number of carbonyl (C=O) groups is 2. The molecule has 0 heterocycles. The summed E-state index contributed by atoms with van der Waals surface area (Å²) in [6.45, 7) is 6.48. The fourth-order valence-corrected chi connectivity index (χ4v) is 8.31. The Hall–Kier alpha value is -1.40. The molecule has 59 heavy (non-hydrogen) atoms. The smallest absolute Gasteiger partial charge is 0.306 e. The van der Waals surface area contributed by atoms with Crippen molar-refractivity contribution < 1.29 is 24.5 Å². The largest absolute Gasteiger partial charge is 0.462 e. The van der Waals surface area contributed by atoms with Gasteiger partial charge in [0, 0.05) is 6.42 Å². The molecule has 3 unspecified atom stereocenters. The predicted molar refractivity (Wildman–Crippen MR) is 255 cm³/mol. The highest BCUT2D eigenvalue weighted by atomic mass is 16.5. The number of nitrogens with one attached hydrogen (secondary N) is 1. The Labute approximate surface area is 368 Å². The minimum absolute atomic E-state index is 0.0798. The van der Waals surface area contributed by atoms with Crippen molar-refractivity contribution in [3.05, 3.63) is 12.2 Å². The van der Waals surface area contributed by atoms with Crippen molar-refractivity contribution in [2.75, 3.05) is 6.61 Å². The Morgan fingerprint density at radius 2 is 0.814 bits per heavy atom. The summed E-state index contributed by atoms with van der Waals surface area (Å²) in [5, 5.41) is 23.7. The van der Waals surface area contributed by atoms with Gasteiger partial charge in [0.05, 0.1) is 25.2 Å². The van der Waals surface area contributed by atoms with Crippen LogP contribution in [0, 0.1) is 0 Å². The lowest BCUT2D eigenvalue weighted by atomic mass is 10.0. The van der Waals surface area contributed by atoms with E-state index in [0.717, 1.165) is 51.4 Å². The number of carbonyl (C=O) groups excluding carboxylic acids is 2. The molecule has 0 radical (unpaired) electrons. The second-order valence-corrected chi connectivity index (χ2v) is 18.3. The number of hydrogen-bond donors (Lipinski definition) is 3. The fourth-order valence-electron chi connectivity index (χ4n) is 8.31. The normalized spacial score (nSPS) is 13.2. The topological polar surface area (TPSA) is 95.9 Å². The van der Waals surface area contributed by atoms with E-state index in [1.807, 2.05) is 0 Å². The van der Waals surface area contributed by atoms with Gasteiger partial charge in [0.15, 0.2) is 0 Å². The summed E-state index contributed by atoms with van der Waals surface area (Å²) in [5.41, 5.74) is 0. The number of amides is 1. The highest BCUT2D eigenvalue weighted by Crippen LogP contribution is 2.18.